The molecule has 1 aliphatic rings. The summed E-state index contributed by atoms with van der Waals surface area (Å²) in [7, 11) is 1.66. The van der Waals surface area contributed by atoms with Crippen LogP contribution in [0.25, 0.3) is 0 Å². The number of rotatable bonds is 4. The van der Waals surface area contributed by atoms with Crippen LogP contribution in [0.3, 0.4) is 0 Å². The predicted octanol–water partition coefficient (Wildman–Crippen LogP) is 0.877. The number of carbonyl (C=O) groups excluding carboxylic acids is 1. The summed E-state index contributed by atoms with van der Waals surface area (Å²) in [6, 6.07) is 0. The van der Waals surface area contributed by atoms with E-state index in [4.69, 9.17) is 4.42 Å². The second-order valence-electron chi connectivity index (χ2n) is 6.23. The van der Waals surface area contributed by atoms with E-state index < -0.39 is 5.60 Å². The molecule has 1 aliphatic heterocycles. The van der Waals surface area contributed by atoms with Crippen LogP contribution in [0.1, 0.15) is 29.2 Å². The molecule has 0 bridgehead atoms. The maximum atomic E-state index is 12.4. The summed E-state index contributed by atoms with van der Waals surface area (Å²) >= 11 is 0. The molecule has 8 nitrogen and oxygen atoms in total. The summed E-state index contributed by atoms with van der Waals surface area (Å²) in [6.07, 6.45) is 7.71. The molecule has 24 heavy (non-hydrogen) atoms. The third-order valence-corrected chi connectivity index (χ3v) is 4.15. The van der Waals surface area contributed by atoms with Gasteiger partial charge < -0.3 is 19.3 Å². The molecular formula is C16H21N5O3. The Balaban J connectivity index is 1.67. The lowest BCUT2D eigenvalue weighted by molar-refractivity contribution is -0.000294. The number of anilines is 1. The lowest BCUT2D eigenvalue weighted by Crippen LogP contribution is -2.55. The standard InChI is InChI=1S/C16H21N5O3/c1-12-19-13(9-24-12)15(22)20(2)10-16(23)4-3-7-21(11-16)14-8-17-5-6-18-14/h5-6,8-9,23H,3-4,7,10-11H2,1-2H3/t16-/m0/s1. The van der Waals surface area contributed by atoms with Gasteiger partial charge in [0.25, 0.3) is 5.91 Å². The van der Waals surface area contributed by atoms with Crippen LogP contribution in [-0.4, -0.2) is 63.1 Å². The zero-order valence-electron chi connectivity index (χ0n) is 13.8. The van der Waals surface area contributed by atoms with Crippen molar-refractivity contribution in [2.45, 2.75) is 25.4 Å². The molecule has 1 N–H and O–H groups in total. The first kappa shape index (κ1) is 16.4. The van der Waals surface area contributed by atoms with Gasteiger partial charge in [-0.25, -0.2) is 9.97 Å². The normalized spacial score (nSPS) is 20.9. The van der Waals surface area contributed by atoms with Crippen LogP contribution in [0.4, 0.5) is 5.82 Å². The second kappa shape index (κ2) is 6.56. The van der Waals surface area contributed by atoms with Crippen LogP contribution in [0, 0.1) is 6.92 Å². The number of piperidine rings is 1. The van der Waals surface area contributed by atoms with Crippen molar-refractivity contribution < 1.29 is 14.3 Å². The van der Waals surface area contributed by atoms with Gasteiger partial charge >= 0.3 is 0 Å². The lowest BCUT2D eigenvalue weighted by atomic mass is 9.92. The second-order valence-corrected chi connectivity index (χ2v) is 6.23. The van der Waals surface area contributed by atoms with Gasteiger partial charge in [-0.3, -0.25) is 9.78 Å². The Morgan fingerprint density at radius 1 is 1.50 bits per heavy atom. The summed E-state index contributed by atoms with van der Waals surface area (Å²) in [5, 5.41) is 10.9. The van der Waals surface area contributed by atoms with E-state index >= 15 is 0 Å². The average molecular weight is 331 g/mol. The third-order valence-electron chi connectivity index (χ3n) is 4.15. The predicted molar refractivity (Wildman–Crippen MR) is 86.6 cm³/mol. The fourth-order valence-corrected chi connectivity index (χ4v) is 3.06. The number of likely N-dealkylation sites (N-methyl/N-ethyl adjacent to an activating group) is 1. The molecule has 2 aromatic heterocycles. The van der Waals surface area contributed by atoms with E-state index in [1.54, 1.807) is 32.6 Å². The zero-order valence-corrected chi connectivity index (χ0v) is 13.8. The van der Waals surface area contributed by atoms with Crippen molar-refractivity contribution in [3.05, 3.63) is 36.4 Å². The number of hydrogen-bond acceptors (Lipinski definition) is 7. The molecular weight excluding hydrogens is 310 g/mol. The highest BCUT2D eigenvalue weighted by molar-refractivity contribution is 5.91. The molecule has 0 unspecified atom stereocenters. The topological polar surface area (TPSA) is 95.6 Å². The van der Waals surface area contributed by atoms with E-state index in [1.807, 2.05) is 4.90 Å². The van der Waals surface area contributed by atoms with Crippen molar-refractivity contribution in [3.63, 3.8) is 0 Å². The molecule has 128 valence electrons. The highest BCUT2D eigenvalue weighted by Gasteiger charge is 2.36. The molecule has 0 radical (unpaired) electrons. The van der Waals surface area contributed by atoms with Crippen molar-refractivity contribution in [3.8, 4) is 0 Å². The van der Waals surface area contributed by atoms with Gasteiger partial charge in [-0.1, -0.05) is 0 Å². The van der Waals surface area contributed by atoms with Gasteiger partial charge in [0, 0.05) is 39.5 Å². The molecule has 2 aromatic rings. The Hall–Kier alpha value is -2.48. The number of nitrogens with zero attached hydrogens (tertiary/aromatic N) is 5. The first-order chi connectivity index (χ1) is 11.5. The van der Waals surface area contributed by atoms with Crippen LogP contribution >= 0.6 is 0 Å². The molecule has 3 rings (SSSR count). The first-order valence-corrected chi connectivity index (χ1v) is 7.88. The molecule has 1 atom stereocenters. The van der Waals surface area contributed by atoms with E-state index in [2.05, 4.69) is 15.0 Å². The highest BCUT2D eigenvalue weighted by atomic mass is 16.3. The minimum Gasteiger partial charge on any atom is -0.448 e. The van der Waals surface area contributed by atoms with Crippen LogP contribution in [0.2, 0.25) is 0 Å². The zero-order chi connectivity index (χ0) is 17.2. The fourth-order valence-electron chi connectivity index (χ4n) is 3.06. The molecule has 0 saturated carbocycles. The summed E-state index contributed by atoms with van der Waals surface area (Å²) in [6.45, 7) is 3.11. The SMILES string of the molecule is Cc1nc(C(=O)N(C)C[C@@]2(O)CCCN(c3cnccn3)C2)co1. The van der Waals surface area contributed by atoms with Crippen LogP contribution in [0.15, 0.2) is 29.3 Å². The Morgan fingerprint density at radius 2 is 2.33 bits per heavy atom. The van der Waals surface area contributed by atoms with Gasteiger partial charge in [0.05, 0.1) is 18.3 Å². The molecule has 0 aliphatic carbocycles. The first-order valence-electron chi connectivity index (χ1n) is 7.88. The van der Waals surface area contributed by atoms with E-state index in [1.165, 1.54) is 11.2 Å². The number of aliphatic hydroxyl groups is 1. The highest BCUT2D eigenvalue weighted by Crippen LogP contribution is 2.25. The van der Waals surface area contributed by atoms with Gasteiger partial charge in [-0.15, -0.1) is 0 Å². The average Bonchev–Trinajstić information content (AvgIpc) is 3.01. The number of β-amino-alcohol motifs (C(OH)–C–C–N with tert-alkyl or cyclic N) is 1. The Kier molecular flexibility index (Phi) is 4.48. The maximum absolute atomic E-state index is 12.4. The van der Waals surface area contributed by atoms with E-state index in [0.29, 0.717) is 18.9 Å². The summed E-state index contributed by atoms with van der Waals surface area (Å²) < 4.78 is 5.08. The monoisotopic (exact) mass is 331 g/mol. The smallest absolute Gasteiger partial charge is 0.275 e. The molecule has 3 heterocycles. The minimum atomic E-state index is -1.00. The summed E-state index contributed by atoms with van der Waals surface area (Å²) in [5.74, 6) is 0.908. The van der Waals surface area contributed by atoms with Crippen LogP contribution in [0.5, 0.6) is 0 Å². The van der Waals surface area contributed by atoms with Crippen molar-refractivity contribution in [2.75, 3.05) is 31.6 Å². The molecule has 0 aromatic carbocycles. The number of hydrogen-bond donors (Lipinski definition) is 1. The van der Waals surface area contributed by atoms with Crippen molar-refractivity contribution in [1.29, 1.82) is 0 Å². The van der Waals surface area contributed by atoms with Crippen molar-refractivity contribution in [2.24, 2.45) is 0 Å². The number of aryl methyl sites for hydroxylation is 1. The van der Waals surface area contributed by atoms with Gasteiger partial charge in [0.1, 0.15) is 12.1 Å². The largest absolute Gasteiger partial charge is 0.448 e. The van der Waals surface area contributed by atoms with E-state index in [0.717, 1.165) is 18.8 Å². The fraction of sp³-hybridized carbons (Fsp3) is 0.500. The molecule has 0 spiro atoms. The molecule has 8 heteroatoms. The number of aromatic nitrogens is 3. The molecule has 1 amide bonds. The molecule has 1 fully saturated rings. The van der Waals surface area contributed by atoms with Crippen molar-refractivity contribution >= 4 is 11.7 Å². The Morgan fingerprint density at radius 3 is 3.00 bits per heavy atom. The molecule has 1 saturated heterocycles. The third kappa shape index (κ3) is 3.53. The van der Waals surface area contributed by atoms with E-state index in [9.17, 15) is 9.90 Å². The minimum absolute atomic E-state index is 0.217. The number of amides is 1. The van der Waals surface area contributed by atoms with E-state index in [-0.39, 0.29) is 18.1 Å². The summed E-state index contributed by atoms with van der Waals surface area (Å²) in [4.78, 5) is 28.3. The van der Waals surface area contributed by atoms with Gasteiger partial charge in [-0.05, 0) is 12.8 Å². The van der Waals surface area contributed by atoms with Crippen molar-refractivity contribution in [1.82, 2.24) is 19.9 Å². The van der Waals surface area contributed by atoms with Gasteiger partial charge in [-0.2, -0.15) is 0 Å². The Bertz CT molecular complexity index is 705. The number of oxazole rings is 1. The number of carbonyl (C=O) groups is 1. The Labute approximate surface area is 140 Å². The lowest BCUT2D eigenvalue weighted by Gasteiger charge is -2.41. The van der Waals surface area contributed by atoms with Gasteiger partial charge in [0.2, 0.25) is 0 Å². The van der Waals surface area contributed by atoms with Crippen LogP contribution in [-0.2, 0) is 0 Å². The summed E-state index contributed by atoms with van der Waals surface area (Å²) in [5.41, 5.74) is -0.751. The maximum Gasteiger partial charge on any atom is 0.275 e. The van der Waals surface area contributed by atoms with Gasteiger partial charge in [0.15, 0.2) is 11.6 Å². The van der Waals surface area contributed by atoms with Crippen LogP contribution < -0.4 is 4.90 Å². The quantitative estimate of drug-likeness (QED) is 0.888.